The number of ether oxygens (including phenoxy) is 1. The summed E-state index contributed by atoms with van der Waals surface area (Å²) in [6, 6.07) is 5.87. The van der Waals surface area contributed by atoms with Crippen LogP contribution in [0.1, 0.15) is 28.8 Å². The van der Waals surface area contributed by atoms with Crippen LogP contribution in [0.3, 0.4) is 0 Å². The lowest BCUT2D eigenvalue weighted by atomic mass is 10.1. The molecule has 1 saturated heterocycles. The lowest BCUT2D eigenvalue weighted by Crippen LogP contribution is -2.39. The van der Waals surface area contributed by atoms with Crippen molar-refractivity contribution in [2.45, 2.75) is 24.6 Å². The third-order valence-corrected chi connectivity index (χ3v) is 4.50. The van der Waals surface area contributed by atoms with Crippen LogP contribution in [0.4, 0.5) is 0 Å². The van der Waals surface area contributed by atoms with Gasteiger partial charge in [-0.2, -0.15) is 0 Å². The van der Waals surface area contributed by atoms with E-state index in [4.69, 9.17) is 9.84 Å². The molecule has 1 aliphatic rings. The van der Waals surface area contributed by atoms with E-state index < -0.39 is 16.0 Å². The summed E-state index contributed by atoms with van der Waals surface area (Å²) in [4.78, 5) is 10.9. The first-order valence-corrected chi connectivity index (χ1v) is 8.01. The van der Waals surface area contributed by atoms with Crippen LogP contribution in [-0.4, -0.2) is 38.7 Å². The summed E-state index contributed by atoms with van der Waals surface area (Å²) in [5, 5.41) is 8.89. The molecule has 1 aliphatic heterocycles. The van der Waals surface area contributed by atoms with Crippen molar-refractivity contribution in [1.29, 1.82) is 0 Å². The van der Waals surface area contributed by atoms with Crippen molar-refractivity contribution in [2.24, 2.45) is 0 Å². The van der Waals surface area contributed by atoms with E-state index in [9.17, 15) is 13.2 Å². The molecule has 1 heterocycles. The SMILES string of the molecule is O=C(O)c1cccc(CS(=O)(=O)NC2CCOCC2)c1. The van der Waals surface area contributed by atoms with E-state index in [0.717, 1.165) is 0 Å². The molecule has 6 nitrogen and oxygen atoms in total. The summed E-state index contributed by atoms with van der Waals surface area (Å²) in [5.74, 6) is -1.28. The average Bonchev–Trinajstić information content (AvgIpc) is 2.39. The summed E-state index contributed by atoms with van der Waals surface area (Å²) < 4.78 is 31.9. The Bertz CT molecular complexity index is 578. The van der Waals surface area contributed by atoms with Crippen LogP contribution >= 0.6 is 0 Å². The third-order valence-electron chi connectivity index (χ3n) is 3.10. The predicted octanol–water partition coefficient (Wildman–Crippen LogP) is 0.983. The molecule has 1 fully saturated rings. The van der Waals surface area contributed by atoms with Gasteiger partial charge in [-0.15, -0.1) is 0 Å². The summed E-state index contributed by atoms with van der Waals surface area (Å²) in [6.07, 6.45) is 1.32. The van der Waals surface area contributed by atoms with Gasteiger partial charge in [-0.25, -0.2) is 17.9 Å². The number of hydrogen-bond acceptors (Lipinski definition) is 4. The zero-order chi connectivity index (χ0) is 14.6. The second-order valence-electron chi connectivity index (χ2n) is 4.77. The third kappa shape index (κ3) is 4.29. The fourth-order valence-corrected chi connectivity index (χ4v) is 3.57. The number of rotatable bonds is 5. The molecule has 7 heteroatoms. The Kier molecular flexibility index (Phi) is 4.74. The second kappa shape index (κ2) is 6.34. The van der Waals surface area contributed by atoms with Crippen molar-refractivity contribution in [3.63, 3.8) is 0 Å². The zero-order valence-electron chi connectivity index (χ0n) is 10.9. The molecule has 110 valence electrons. The highest BCUT2D eigenvalue weighted by atomic mass is 32.2. The Balaban J connectivity index is 2.03. The Morgan fingerprint density at radius 3 is 2.70 bits per heavy atom. The zero-order valence-corrected chi connectivity index (χ0v) is 11.7. The molecule has 0 unspecified atom stereocenters. The lowest BCUT2D eigenvalue weighted by Gasteiger charge is -2.22. The summed E-state index contributed by atoms with van der Waals surface area (Å²) in [6.45, 7) is 1.11. The number of benzene rings is 1. The molecular weight excluding hydrogens is 282 g/mol. The summed E-state index contributed by atoms with van der Waals surface area (Å²) in [7, 11) is -3.48. The highest BCUT2D eigenvalue weighted by molar-refractivity contribution is 7.88. The highest BCUT2D eigenvalue weighted by Gasteiger charge is 2.21. The van der Waals surface area contributed by atoms with Gasteiger partial charge in [-0.3, -0.25) is 0 Å². The molecule has 0 amide bonds. The predicted molar refractivity (Wildman–Crippen MR) is 73.0 cm³/mol. The van der Waals surface area contributed by atoms with Crippen molar-refractivity contribution in [2.75, 3.05) is 13.2 Å². The number of carboxylic acids is 1. The van der Waals surface area contributed by atoms with Crippen LogP contribution in [-0.2, 0) is 20.5 Å². The lowest BCUT2D eigenvalue weighted by molar-refractivity contribution is 0.0696. The Morgan fingerprint density at radius 2 is 2.05 bits per heavy atom. The second-order valence-corrected chi connectivity index (χ2v) is 6.52. The Morgan fingerprint density at radius 1 is 1.35 bits per heavy atom. The average molecular weight is 299 g/mol. The van der Waals surface area contributed by atoms with E-state index in [0.29, 0.717) is 31.6 Å². The topological polar surface area (TPSA) is 92.7 Å². The molecule has 1 aromatic carbocycles. The number of carbonyl (C=O) groups is 1. The largest absolute Gasteiger partial charge is 0.478 e. The van der Waals surface area contributed by atoms with Gasteiger partial charge in [-0.1, -0.05) is 12.1 Å². The highest BCUT2D eigenvalue weighted by Crippen LogP contribution is 2.12. The molecule has 0 aliphatic carbocycles. The molecule has 0 spiro atoms. The van der Waals surface area contributed by atoms with Gasteiger partial charge in [0.25, 0.3) is 0 Å². The number of aromatic carboxylic acids is 1. The van der Waals surface area contributed by atoms with E-state index >= 15 is 0 Å². The first kappa shape index (κ1) is 15.0. The van der Waals surface area contributed by atoms with Gasteiger partial charge >= 0.3 is 5.97 Å². The van der Waals surface area contributed by atoms with E-state index in [-0.39, 0.29) is 17.4 Å². The first-order valence-electron chi connectivity index (χ1n) is 6.36. The van der Waals surface area contributed by atoms with Crippen LogP contribution in [0.15, 0.2) is 24.3 Å². The quantitative estimate of drug-likeness (QED) is 0.845. The minimum Gasteiger partial charge on any atom is -0.478 e. The molecule has 2 rings (SSSR count). The smallest absolute Gasteiger partial charge is 0.335 e. The van der Waals surface area contributed by atoms with Gasteiger partial charge in [0.15, 0.2) is 0 Å². The van der Waals surface area contributed by atoms with Gasteiger partial charge < -0.3 is 9.84 Å². The van der Waals surface area contributed by atoms with Crippen molar-refractivity contribution >= 4 is 16.0 Å². The van der Waals surface area contributed by atoms with Gasteiger partial charge in [-0.05, 0) is 30.5 Å². The van der Waals surface area contributed by atoms with E-state index in [1.54, 1.807) is 12.1 Å². The maximum Gasteiger partial charge on any atom is 0.335 e. The van der Waals surface area contributed by atoms with Crippen molar-refractivity contribution in [3.8, 4) is 0 Å². The number of nitrogens with one attached hydrogen (secondary N) is 1. The number of hydrogen-bond donors (Lipinski definition) is 2. The van der Waals surface area contributed by atoms with Crippen LogP contribution in [0.2, 0.25) is 0 Å². The van der Waals surface area contributed by atoms with Gasteiger partial charge in [0.1, 0.15) is 0 Å². The molecule has 0 saturated carbocycles. The van der Waals surface area contributed by atoms with E-state index in [1.165, 1.54) is 12.1 Å². The maximum atomic E-state index is 12.0. The molecule has 0 radical (unpaired) electrons. The molecule has 20 heavy (non-hydrogen) atoms. The number of sulfonamides is 1. The summed E-state index contributed by atoms with van der Waals surface area (Å²) >= 11 is 0. The van der Waals surface area contributed by atoms with Gasteiger partial charge in [0.2, 0.25) is 10.0 Å². The van der Waals surface area contributed by atoms with Crippen LogP contribution < -0.4 is 4.72 Å². The number of carboxylic acid groups (broad SMARTS) is 1. The first-order chi connectivity index (χ1) is 9.46. The van der Waals surface area contributed by atoms with E-state index in [2.05, 4.69) is 4.72 Å². The summed E-state index contributed by atoms with van der Waals surface area (Å²) in [5.41, 5.74) is 0.549. The molecule has 0 aromatic heterocycles. The van der Waals surface area contributed by atoms with Crippen molar-refractivity contribution in [3.05, 3.63) is 35.4 Å². The van der Waals surface area contributed by atoms with Crippen LogP contribution in [0.5, 0.6) is 0 Å². The molecule has 1 aromatic rings. The minimum atomic E-state index is -3.48. The monoisotopic (exact) mass is 299 g/mol. The normalized spacial score (nSPS) is 17.0. The fraction of sp³-hybridized carbons (Fsp3) is 0.462. The van der Waals surface area contributed by atoms with Crippen LogP contribution in [0, 0.1) is 0 Å². The molecule has 0 atom stereocenters. The molecular formula is C13H17NO5S. The standard InChI is InChI=1S/C13H17NO5S/c15-13(16)11-3-1-2-10(8-11)9-20(17,18)14-12-4-6-19-7-5-12/h1-3,8,12,14H,4-7,9H2,(H,15,16). The van der Waals surface area contributed by atoms with Crippen LogP contribution in [0.25, 0.3) is 0 Å². The molecule has 0 bridgehead atoms. The van der Waals surface area contributed by atoms with Gasteiger partial charge in [0.05, 0.1) is 11.3 Å². The van der Waals surface area contributed by atoms with Crippen molar-refractivity contribution < 1.29 is 23.1 Å². The molecule has 2 N–H and O–H groups in total. The van der Waals surface area contributed by atoms with Gasteiger partial charge in [0, 0.05) is 19.3 Å². The van der Waals surface area contributed by atoms with Crippen molar-refractivity contribution in [1.82, 2.24) is 4.72 Å². The van der Waals surface area contributed by atoms with E-state index in [1.807, 2.05) is 0 Å². The fourth-order valence-electron chi connectivity index (χ4n) is 2.12. The maximum absolute atomic E-state index is 12.0. The Hall–Kier alpha value is -1.44. The minimum absolute atomic E-state index is 0.0868. The Labute approximate surface area is 117 Å².